The van der Waals surface area contributed by atoms with Crippen LogP contribution in [-0.2, 0) is 12.0 Å². The van der Waals surface area contributed by atoms with Crippen LogP contribution < -0.4 is 0 Å². The molecule has 3 nitrogen and oxygen atoms in total. The number of rotatable bonds is 2. The van der Waals surface area contributed by atoms with Gasteiger partial charge in [0.2, 0.25) is 5.28 Å². The minimum Gasteiger partial charge on any atom is -0.297 e. The average molecular weight is 268 g/mol. The van der Waals surface area contributed by atoms with Crippen molar-refractivity contribution in [1.82, 2.24) is 14.8 Å². The van der Waals surface area contributed by atoms with Crippen LogP contribution in [0.2, 0.25) is 5.28 Å². The summed E-state index contributed by atoms with van der Waals surface area (Å²) >= 11 is 6.04. The molecule has 0 spiro atoms. The summed E-state index contributed by atoms with van der Waals surface area (Å²) in [6.07, 6.45) is 0. The first kappa shape index (κ1) is 13.0. The van der Waals surface area contributed by atoms with Crippen LogP contribution in [0.1, 0.15) is 32.2 Å². The minimum absolute atomic E-state index is 0.159. The molecule has 0 aliphatic carbocycles. The van der Waals surface area contributed by atoms with Gasteiger partial charge in [0.05, 0.1) is 6.54 Å². The first-order valence-electron chi connectivity index (χ1n) is 5.71. The number of benzene rings is 1. The molecule has 0 aliphatic rings. The van der Waals surface area contributed by atoms with E-state index in [2.05, 4.69) is 10.2 Å². The van der Waals surface area contributed by atoms with Gasteiger partial charge in [0.15, 0.2) is 0 Å². The maximum Gasteiger partial charge on any atom is 0.225 e. The van der Waals surface area contributed by atoms with Gasteiger partial charge in [-0.3, -0.25) is 4.57 Å². The van der Waals surface area contributed by atoms with Crippen LogP contribution >= 0.6 is 11.6 Å². The number of hydrogen-bond acceptors (Lipinski definition) is 2. The lowest BCUT2D eigenvalue weighted by atomic mass is 9.95. The molecule has 1 aromatic heterocycles. The molecule has 0 aliphatic heterocycles. The Morgan fingerprint density at radius 2 is 2.00 bits per heavy atom. The second kappa shape index (κ2) is 4.69. The highest BCUT2D eigenvalue weighted by Gasteiger charge is 2.23. The van der Waals surface area contributed by atoms with Gasteiger partial charge in [-0.25, -0.2) is 4.39 Å². The summed E-state index contributed by atoms with van der Waals surface area (Å²) in [6, 6.07) is 6.44. The van der Waals surface area contributed by atoms with Crippen molar-refractivity contribution in [1.29, 1.82) is 0 Å². The summed E-state index contributed by atoms with van der Waals surface area (Å²) in [5, 5.41) is 8.30. The third kappa shape index (κ3) is 2.70. The van der Waals surface area contributed by atoms with Crippen molar-refractivity contribution in [3.63, 3.8) is 0 Å². The molecule has 1 heterocycles. The fraction of sp³-hybridized carbons (Fsp3) is 0.385. The van der Waals surface area contributed by atoms with E-state index in [1.165, 1.54) is 12.1 Å². The number of hydrogen-bond donors (Lipinski definition) is 0. The molecule has 1 aromatic carbocycles. The highest BCUT2D eigenvalue weighted by Crippen LogP contribution is 2.23. The first-order chi connectivity index (χ1) is 8.38. The van der Waals surface area contributed by atoms with Crippen molar-refractivity contribution in [3.05, 3.63) is 46.8 Å². The van der Waals surface area contributed by atoms with E-state index in [9.17, 15) is 4.39 Å². The van der Waals surface area contributed by atoms with Gasteiger partial charge in [-0.05, 0) is 29.3 Å². The molecule has 0 atom stereocenters. The molecular weight excluding hydrogens is 253 g/mol. The van der Waals surface area contributed by atoms with E-state index in [4.69, 9.17) is 11.6 Å². The second-order valence-electron chi connectivity index (χ2n) is 5.26. The zero-order valence-corrected chi connectivity index (χ0v) is 11.4. The van der Waals surface area contributed by atoms with E-state index in [0.29, 0.717) is 11.8 Å². The maximum atomic E-state index is 13.2. The number of nitrogens with zero attached hydrogens (tertiary/aromatic N) is 3. The number of aromatic nitrogens is 3. The monoisotopic (exact) mass is 267 g/mol. The molecule has 18 heavy (non-hydrogen) atoms. The average Bonchev–Trinajstić information content (AvgIpc) is 2.60. The summed E-state index contributed by atoms with van der Waals surface area (Å²) in [4.78, 5) is 0. The van der Waals surface area contributed by atoms with Gasteiger partial charge >= 0.3 is 0 Å². The molecular formula is C13H15ClFN3. The van der Waals surface area contributed by atoms with E-state index in [1.807, 2.05) is 26.8 Å². The molecule has 0 saturated heterocycles. The lowest BCUT2D eigenvalue weighted by Gasteiger charge is -2.19. The van der Waals surface area contributed by atoms with Crippen molar-refractivity contribution in [3.8, 4) is 0 Å². The fourth-order valence-electron chi connectivity index (χ4n) is 1.80. The topological polar surface area (TPSA) is 30.7 Å². The maximum absolute atomic E-state index is 13.2. The Kier molecular flexibility index (Phi) is 3.39. The van der Waals surface area contributed by atoms with Gasteiger partial charge in [0.1, 0.15) is 11.6 Å². The van der Waals surface area contributed by atoms with Gasteiger partial charge in [0, 0.05) is 5.41 Å². The van der Waals surface area contributed by atoms with Crippen LogP contribution in [0.25, 0.3) is 0 Å². The van der Waals surface area contributed by atoms with Crippen LogP contribution in [0.15, 0.2) is 24.3 Å². The van der Waals surface area contributed by atoms with E-state index in [1.54, 1.807) is 10.6 Å². The van der Waals surface area contributed by atoms with Gasteiger partial charge < -0.3 is 0 Å². The van der Waals surface area contributed by atoms with E-state index in [-0.39, 0.29) is 11.2 Å². The third-order valence-corrected chi connectivity index (χ3v) is 2.89. The predicted octanol–water partition coefficient (Wildman–Crippen LogP) is 3.42. The van der Waals surface area contributed by atoms with Gasteiger partial charge in [-0.2, -0.15) is 0 Å². The van der Waals surface area contributed by atoms with Gasteiger partial charge in [-0.1, -0.05) is 32.9 Å². The summed E-state index contributed by atoms with van der Waals surface area (Å²) in [7, 11) is 0. The Morgan fingerprint density at radius 1 is 1.28 bits per heavy atom. The third-order valence-electron chi connectivity index (χ3n) is 2.61. The lowest BCUT2D eigenvalue weighted by molar-refractivity contribution is 0.509. The van der Waals surface area contributed by atoms with Gasteiger partial charge in [-0.15, -0.1) is 10.2 Å². The number of halogens is 2. The SMILES string of the molecule is CC(C)(C)c1nnc(Cl)n1Cc1cccc(F)c1. The smallest absolute Gasteiger partial charge is 0.225 e. The Balaban J connectivity index is 2.37. The molecule has 0 saturated carbocycles. The molecule has 0 bridgehead atoms. The van der Waals surface area contributed by atoms with Gasteiger partial charge in [0.25, 0.3) is 0 Å². The Morgan fingerprint density at radius 3 is 2.61 bits per heavy atom. The van der Waals surface area contributed by atoms with E-state index < -0.39 is 0 Å². The second-order valence-corrected chi connectivity index (χ2v) is 5.60. The van der Waals surface area contributed by atoms with Crippen LogP contribution in [0.3, 0.4) is 0 Å². The summed E-state index contributed by atoms with van der Waals surface area (Å²) in [6.45, 7) is 6.58. The van der Waals surface area contributed by atoms with Crippen LogP contribution in [0.5, 0.6) is 0 Å². The quantitative estimate of drug-likeness (QED) is 0.835. The standard InChI is InChI=1S/C13H15ClFN3/c1-13(2,3)11-16-17-12(14)18(11)8-9-5-4-6-10(15)7-9/h4-7H,8H2,1-3H3. The highest BCUT2D eigenvalue weighted by molar-refractivity contribution is 6.28. The molecule has 0 N–H and O–H groups in total. The summed E-state index contributed by atoms with van der Waals surface area (Å²) in [5.41, 5.74) is 0.676. The Hall–Kier alpha value is -1.42. The highest BCUT2D eigenvalue weighted by atomic mass is 35.5. The summed E-state index contributed by atoms with van der Waals surface area (Å²) < 4.78 is 15.0. The molecule has 2 rings (SSSR count). The van der Waals surface area contributed by atoms with Crippen molar-refractivity contribution in [2.45, 2.75) is 32.7 Å². The van der Waals surface area contributed by atoms with Crippen molar-refractivity contribution >= 4 is 11.6 Å². The normalized spacial score (nSPS) is 11.8. The zero-order chi connectivity index (χ0) is 13.3. The van der Waals surface area contributed by atoms with Crippen molar-refractivity contribution in [2.75, 3.05) is 0 Å². The Labute approximate surface area is 111 Å². The molecule has 0 unspecified atom stereocenters. The Bertz CT molecular complexity index is 558. The molecule has 96 valence electrons. The lowest BCUT2D eigenvalue weighted by Crippen LogP contribution is -2.19. The minimum atomic E-state index is -0.256. The predicted molar refractivity (Wildman–Crippen MR) is 69.2 cm³/mol. The first-order valence-corrected chi connectivity index (χ1v) is 6.09. The molecule has 5 heteroatoms. The summed E-state index contributed by atoms with van der Waals surface area (Å²) in [5.74, 6) is 0.533. The van der Waals surface area contributed by atoms with Crippen LogP contribution in [0.4, 0.5) is 4.39 Å². The molecule has 0 radical (unpaired) electrons. The zero-order valence-electron chi connectivity index (χ0n) is 10.6. The van der Waals surface area contributed by atoms with Crippen LogP contribution in [0, 0.1) is 5.82 Å². The van der Waals surface area contributed by atoms with Crippen LogP contribution in [-0.4, -0.2) is 14.8 Å². The van der Waals surface area contributed by atoms with E-state index in [0.717, 1.165) is 11.4 Å². The van der Waals surface area contributed by atoms with Crippen molar-refractivity contribution in [2.24, 2.45) is 0 Å². The van der Waals surface area contributed by atoms with E-state index >= 15 is 0 Å². The fourth-order valence-corrected chi connectivity index (χ4v) is 1.97. The molecule has 0 fully saturated rings. The molecule has 0 amide bonds. The largest absolute Gasteiger partial charge is 0.297 e. The molecule has 2 aromatic rings. The van der Waals surface area contributed by atoms with Crippen molar-refractivity contribution < 1.29 is 4.39 Å².